The molecule has 0 fully saturated rings. The van der Waals surface area contributed by atoms with E-state index in [-0.39, 0.29) is 11.9 Å². The van der Waals surface area contributed by atoms with E-state index in [9.17, 15) is 4.79 Å². The number of aromatic nitrogens is 4. The van der Waals surface area contributed by atoms with Crippen molar-refractivity contribution in [3.05, 3.63) is 82.6 Å². The zero-order valence-corrected chi connectivity index (χ0v) is 17.4. The van der Waals surface area contributed by atoms with Crippen molar-refractivity contribution in [3.63, 3.8) is 0 Å². The molecule has 0 saturated heterocycles. The molecule has 7 heteroatoms. The monoisotopic (exact) mass is 447 g/mol. The quantitative estimate of drug-likeness (QED) is 0.459. The fourth-order valence-corrected chi connectivity index (χ4v) is 4.28. The van der Waals surface area contributed by atoms with Crippen LogP contribution in [0.1, 0.15) is 34.6 Å². The molecule has 144 valence electrons. The van der Waals surface area contributed by atoms with Crippen molar-refractivity contribution in [2.45, 2.75) is 19.4 Å². The number of carbonyl (C=O) groups is 1. The third kappa shape index (κ3) is 3.21. The van der Waals surface area contributed by atoms with Crippen molar-refractivity contribution in [1.82, 2.24) is 24.5 Å². The second-order valence-corrected chi connectivity index (χ2v) is 8.13. The molecule has 3 aromatic heterocycles. The summed E-state index contributed by atoms with van der Waals surface area (Å²) in [6.45, 7) is 2.74. The Balaban J connectivity index is 1.44. The average Bonchev–Trinajstić information content (AvgIpc) is 3.17. The van der Waals surface area contributed by atoms with Gasteiger partial charge in [0.25, 0.3) is 5.91 Å². The number of benzene rings is 1. The number of hydrogen-bond acceptors (Lipinski definition) is 4. The van der Waals surface area contributed by atoms with Crippen molar-refractivity contribution >= 4 is 27.4 Å². The molecule has 1 aliphatic heterocycles. The van der Waals surface area contributed by atoms with E-state index in [1.54, 1.807) is 4.52 Å². The average molecular weight is 448 g/mol. The minimum absolute atomic E-state index is 0.0103. The van der Waals surface area contributed by atoms with Crippen LogP contribution < -0.4 is 0 Å². The first kappa shape index (κ1) is 18.0. The van der Waals surface area contributed by atoms with Gasteiger partial charge in [0, 0.05) is 35.2 Å². The van der Waals surface area contributed by atoms with Gasteiger partial charge in [-0.05, 0) is 64.2 Å². The van der Waals surface area contributed by atoms with Crippen LogP contribution in [0.4, 0.5) is 0 Å². The van der Waals surface area contributed by atoms with Crippen LogP contribution in [-0.4, -0.2) is 36.9 Å². The van der Waals surface area contributed by atoms with E-state index in [0.29, 0.717) is 12.2 Å². The summed E-state index contributed by atoms with van der Waals surface area (Å²) in [4.78, 5) is 23.3. The van der Waals surface area contributed by atoms with Crippen molar-refractivity contribution in [1.29, 1.82) is 0 Å². The molecule has 0 N–H and O–H groups in total. The molecule has 0 bridgehead atoms. The van der Waals surface area contributed by atoms with Crippen LogP contribution in [0.15, 0.2) is 65.8 Å². The van der Waals surface area contributed by atoms with Crippen LogP contribution in [0, 0.1) is 0 Å². The molecule has 1 unspecified atom stereocenters. The number of fused-ring (bicyclic) bond motifs is 2. The topological polar surface area (TPSA) is 63.4 Å². The summed E-state index contributed by atoms with van der Waals surface area (Å²) in [5.74, 6) is -0.0384. The predicted octanol–water partition coefficient (Wildman–Crippen LogP) is 4.31. The third-order valence-corrected chi connectivity index (χ3v) is 5.95. The highest BCUT2D eigenvalue weighted by Crippen LogP contribution is 2.33. The van der Waals surface area contributed by atoms with Gasteiger partial charge in [-0.15, -0.1) is 0 Å². The molecule has 1 aliphatic rings. The maximum Gasteiger partial charge on any atom is 0.274 e. The zero-order valence-electron chi connectivity index (χ0n) is 15.8. The van der Waals surface area contributed by atoms with Crippen molar-refractivity contribution < 1.29 is 4.79 Å². The number of amides is 1. The summed E-state index contributed by atoms with van der Waals surface area (Å²) < 4.78 is 2.65. The molecule has 4 heterocycles. The summed E-state index contributed by atoms with van der Waals surface area (Å²) in [6.07, 6.45) is 7.84. The van der Waals surface area contributed by atoms with Gasteiger partial charge in [0.15, 0.2) is 5.69 Å². The van der Waals surface area contributed by atoms with Crippen LogP contribution in [0.2, 0.25) is 0 Å². The molecular weight excluding hydrogens is 430 g/mol. The van der Waals surface area contributed by atoms with E-state index in [1.165, 1.54) is 17.5 Å². The van der Waals surface area contributed by atoms with Gasteiger partial charge in [0.2, 0.25) is 0 Å². The zero-order chi connectivity index (χ0) is 20.0. The standard InChI is InChI=1S/C22H18BrN5O/c1-14-20-5-2-15(17-10-24-13-25-11-17)8-16(20)6-7-27(14)22(29)21-9-19-4-3-18(23)12-28(19)26-21/h2-5,8-14H,6-7H2,1H3. The molecule has 0 aliphatic carbocycles. The number of hydrogen-bond donors (Lipinski definition) is 0. The van der Waals surface area contributed by atoms with Crippen molar-refractivity contribution in [3.8, 4) is 11.1 Å². The highest BCUT2D eigenvalue weighted by Gasteiger charge is 2.29. The normalized spacial score (nSPS) is 16.1. The first-order chi connectivity index (χ1) is 14.1. The number of carbonyl (C=O) groups excluding carboxylic acids is 1. The molecule has 1 amide bonds. The largest absolute Gasteiger partial charge is 0.330 e. The van der Waals surface area contributed by atoms with Gasteiger partial charge < -0.3 is 4.90 Å². The lowest BCUT2D eigenvalue weighted by Crippen LogP contribution is -2.39. The SMILES string of the molecule is CC1c2ccc(-c3cncnc3)cc2CCN1C(=O)c1cc2ccc(Br)cn2n1. The Hall–Kier alpha value is -3.06. The smallest absolute Gasteiger partial charge is 0.274 e. The van der Waals surface area contributed by atoms with Crippen LogP contribution in [0.25, 0.3) is 16.6 Å². The Morgan fingerprint density at radius 2 is 1.93 bits per heavy atom. The van der Waals surface area contributed by atoms with Gasteiger partial charge in [0.05, 0.1) is 11.6 Å². The molecule has 0 spiro atoms. The minimum Gasteiger partial charge on any atom is -0.330 e. The number of halogens is 1. The maximum absolute atomic E-state index is 13.2. The lowest BCUT2D eigenvalue weighted by Gasteiger charge is -2.35. The van der Waals surface area contributed by atoms with Gasteiger partial charge in [-0.25, -0.2) is 14.5 Å². The van der Waals surface area contributed by atoms with Gasteiger partial charge in [-0.2, -0.15) is 5.10 Å². The lowest BCUT2D eigenvalue weighted by molar-refractivity contribution is 0.0671. The van der Waals surface area contributed by atoms with E-state index in [4.69, 9.17) is 0 Å². The number of nitrogens with zero attached hydrogens (tertiary/aromatic N) is 5. The van der Waals surface area contributed by atoms with Crippen LogP contribution in [0.5, 0.6) is 0 Å². The minimum atomic E-state index is -0.0384. The van der Waals surface area contributed by atoms with Crippen LogP contribution >= 0.6 is 15.9 Å². The first-order valence-electron chi connectivity index (χ1n) is 9.44. The van der Waals surface area contributed by atoms with E-state index < -0.39 is 0 Å². The van der Waals surface area contributed by atoms with Crippen LogP contribution in [-0.2, 0) is 6.42 Å². The Morgan fingerprint density at radius 1 is 1.10 bits per heavy atom. The fourth-order valence-electron chi connectivity index (χ4n) is 3.95. The van der Waals surface area contributed by atoms with E-state index in [1.807, 2.05) is 41.7 Å². The Morgan fingerprint density at radius 3 is 2.76 bits per heavy atom. The molecule has 1 aromatic carbocycles. The molecular formula is C22H18BrN5O. The Kier molecular flexibility index (Phi) is 4.39. The molecule has 5 rings (SSSR count). The summed E-state index contributed by atoms with van der Waals surface area (Å²) in [5, 5.41) is 4.47. The van der Waals surface area contributed by atoms with E-state index >= 15 is 0 Å². The maximum atomic E-state index is 13.2. The Bertz CT molecular complexity index is 1220. The number of pyridine rings is 1. The lowest BCUT2D eigenvalue weighted by atomic mass is 9.90. The molecule has 29 heavy (non-hydrogen) atoms. The first-order valence-corrected chi connectivity index (χ1v) is 10.2. The van der Waals surface area contributed by atoms with Gasteiger partial charge in [-0.1, -0.05) is 18.2 Å². The molecule has 6 nitrogen and oxygen atoms in total. The van der Waals surface area contributed by atoms with Crippen molar-refractivity contribution in [2.24, 2.45) is 0 Å². The summed E-state index contributed by atoms with van der Waals surface area (Å²) >= 11 is 3.44. The molecule has 0 radical (unpaired) electrons. The summed E-state index contributed by atoms with van der Waals surface area (Å²) in [5.41, 5.74) is 5.91. The molecule has 1 atom stereocenters. The second kappa shape index (κ2) is 7.08. The third-order valence-electron chi connectivity index (χ3n) is 5.48. The summed E-state index contributed by atoms with van der Waals surface area (Å²) in [7, 11) is 0. The van der Waals surface area contributed by atoms with Crippen molar-refractivity contribution in [2.75, 3.05) is 6.54 Å². The molecule has 0 saturated carbocycles. The highest BCUT2D eigenvalue weighted by atomic mass is 79.9. The predicted molar refractivity (Wildman–Crippen MR) is 114 cm³/mol. The highest BCUT2D eigenvalue weighted by molar-refractivity contribution is 9.10. The summed E-state index contributed by atoms with van der Waals surface area (Å²) in [6, 6.07) is 12.1. The van der Waals surface area contributed by atoms with E-state index in [2.05, 4.69) is 56.1 Å². The van der Waals surface area contributed by atoms with Gasteiger partial charge in [0.1, 0.15) is 6.33 Å². The van der Waals surface area contributed by atoms with Crippen LogP contribution in [0.3, 0.4) is 0 Å². The van der Waals surface area contributed by atoms with Gasteiger partial charge >= 0.3 is 0 Å². The second-order valence-electron chi connectivity index (χ2n) is 7.21. The fraction of sp³-hybridized carbons (Fsp3) is 0.182. The van der Waals surface area contributed by atoms with Gasteiger partial charge in [-0.3, -0.25) is 4.79 Å². The Labute approximate surface area is 176 Å². The van der Waals surface area contributed by atoms with E-state index in [0.717, 1.165) is 27.5 Å². The molecule has 4 aromatic rings. The number of rotatable bonds is 2.